The number of carboxylic acids is 1. The molecule has 0 fully saturated rings. The number of halogens is 1. The number of rotatable bonds is 13. The highest BCUT2D eigenvalue weighted by Gasteiger charge is 2.03. The summed E-state index contributed by atoms with van der Waals surface area (Å²) in [6, 6.07) is 16.3. The number of unbranched alkanes of at least 4 members (excludes halogenated alkanes) is 1. The zero-order chi connectivity index (χ0) is 20.0. The molecule has 0 saturated carbocycles. The van der Waals surface area contributed by atoms with E-state index in [4.69, 9.17) is 14.6 Å². The third-order valence-corrected chi connectivity index (χ3v) is 4.25. The number of carbonyl (C=O) groups is 1. The van der Waals surface area contributed by atoms with Gasteiger partial charge in [0.25, 0.3) is 0 Å². The lowest BCUT2D eigenvalue weighted by Crippen LogP contribution is -2.17. The van der Waals surface area contributed by atoms with Crippen molar-refractivity contribution in [3.8, 4) is 11.5 Å². The maximum absolute atomic E-state index is 10.5. The maximum Gasteiger partial charge on any atom is 0.304 e. The average Bonchev–Trinajstić information content (AvgIpc) is 2.71. The zero-order valence-corrected chi connectivity index (χ0v) is 17.6. The van der Waals surface area contributed by atoms with Gasteiger partial charge in [-0.2, -0.15) is 0 Å². The Morgan fingerprint density at radius 3 is 2.66 bits per heavy atom. The second-order valence-electron chi connectivity index (χ2n) is 6.45. The molecule has 2 rings (SSSR count). The van der Waals surface area contributed by atoms with Crippen molar-refractivity contribution in [3.05, 3.63) is 65.7 Å². The molecule has 2 N–H and O–H groups in total. The van der Waals surface area contributed by atoms with E-state index >= 15 is 0 Å². The molecule has 0 aliphatic rings. The molecule has 0 unspecified atom stereocenters. The first-order valence-electron chi connectivity index (χ1n) is 9.63. The summed E-state index contributed by atoms with van der Waals surface area (Å²) in [4.78, 5) is 10.5. The fraction of sp³-hybridized carbons (Fsp3) is 0.348. The van der Waals surface area contributed by atoms with Crippen LogP contribution in [0.3, 0.4) is 0 Å². The Hall–Kier alpha value is -2.50. The number of benzene rings is 2. The van der Waals surface area contributed by atoms with E-state index in [9.17, 15) is 4.79 Å². The van der Waals surface area contributed by atoms with Crippen LogP contribution in [-0.2, 0) is 11.2 Å². The van der Waals surface area contributed by atoms with Crippen molar-refractivity contribution >= 4 is 24.5 Å². The van der Waals surface area contributed by atoms with Gasteiger partial charge in [0, 0.05) is 24.7 Å². The topological polar surface area (TPSA) is 67.8 Å². The highest BCUT2D eigenvalue weighted by atomic mass is 35.5. The van der Waals surface area contributed by atoms with Gasteiger partial charge < -0.3 is 19.9 Å². The highest BCUT2D eigenvalue weighted by Crippen LogP contribution is 2.26. The largest absolute Gasteiger partial charge is 0.496 e. The van der Waals surface area contributed by atoms with E-state index in [1.807, 2.05) is 36.4 Å². The van der Waals surface area contributed by atoms with E-state index in [0.29, 0.717) is 19.7 Å². The van der Waals surface area contributed by atoms with Crippen LogP contribution in [0.4, 0.5) is 0 Å². The normalized spacial score (nSPS) is 10.5. The number of nitrogens with one attached hydrogen (secondary N) is 1. The summed E-state index contributed by atoms with van der Waals surface area (Å²) in [6.45, 7) is 1.74. The van der Waals surface area contributed by atoms with Crippen molar-refractivity contribution in [2.75, 3.05) is 26.8 Å². The van der Waals surface area contributed by atoms with Crippen molar-refractivity contribution in [1.82, 2.24) is 5.32 Å². The SMILES string of the molecule is COc1cc(OCCCCc2ccccc2)ccc1/C=C/CNCCC(=O)O.Cl. The Bertz CT molecular complexity index is 750. The lowest BCUT2D eigenvalue weighted by atomic mass is 10.1. The van der Waals surface area contributed by atoms with Crippen LogP contribution >= 0.6 is 12.4 Å². The molecule has 2 aromatic carbocycles. The van der Waals surface area contributed by atoms with Crippen LogP contribution in [0.2, 0.25) is 0 Å². The molecular weight excluding hydrogens is 390 g/mol. The van der Waals surface area contributed by atoms with Crippen LogP contribution in [0.1, 0.15) is 30.4 Å². The van der Waals surface area contributed by atoms with E-state index < -0.39 is 5.97 Å². The molecule has 0 amide bonds. The van der Waals surface area contributed by atoms with Crippen molar-refractivity contribution in [1.29, 1.82) is 0 Å². The Balaban J connectivity index is 0.00000420. The predicted octanol–water partition coefficient (Wildman–Crippen LogP) is 4.60. The Morgan fingerprint density at radius 2 is 1.93 bits per heavy atom. The fourth-order valence-electron chi connectivity index (χ4n) is 2.75. The smallest absolute Gasteiger partial charge is 0.304 e. The van der Waals surface area contributed by atoms with Gasteiger partial charge in [-0.3, -0.25) is 4.79 Å². The average molecular weight is 420 g/mol. The van der Waals surface area contributed by atoms with Crippen LogP contribution in [0.5, 0.6) is 11.5 Å². The van der Waals surface area contributed by atoms with Gasteiger partial charge in [0.15, 0.2) is 0 Å². The Labute approximate surface area is 179 Å². The summed E-state index contributed by atoms with van der Waals surface area (Å²) in [7, 11) is 1.64. The van der Waals surface area contributed by atoms with Gasteiger partial charge in [-0.05, 0) is 37.0 Å². The molecule has 158 valence electrons. The van der Waals surface area contributed by atoms with Crippen molar-refractivity contribution in [2.45, 2.75) is 25.7 Å². The molecule has 5 nitrogen and oxygen atoms in total. The number of methoxy groups -OCH3 is 1. The number of hydrogen-bond acceptors (Lipinski definition) is 4. The molecule has 0 heterocycles. The summed E-state index contributed by atoms with van der Waals surface area (Å²) in [5.41, 5.74) is 2.32. The van der Waals surface area contributed by atoms with Crippen LogP contribution in [0, 0.1) is 0 Å². The summed E-state index contributed by atoms with van der Waals surface area (Å²) < 4.78 is 11.3. The molecule has 0 radical (unpaired) electrons. The standard InChI is InChI=1S/C23H29NO4.ClH/c1-27-22-18-21(28-17-6-5-10-19-8-3-2-4-9-19)13-12-20(22)11-7-15-24-16-14-23(25)26;/h2-4,7-9,11-13,18,24H,5-6,10,14-17H2,1H3,(H,25,26);1H/b11-7+;. The first kappa shape index (κ1) is 24.5. The van der Waals surface area contributed by atoms with Gasteiger partial charge in [0.05, 0.1) is 20.1 Å². The predicted molar refractivity (Wildman–Crippen MR) is 119 cm³/mol. The maximum atomic E-state index is 10.5. The van der Waals surface area contributed by atoms with Gasteiger partial charge in [0.1, 0.15) is 11.5 Å². The minimum Gasteiger partial charge on any atom is -0.496 e. The number of ether oxygens (including phenoxy) is 2. The van der Waals surface area contributed by atoms with Crippen LogP contribution < -0.4 is 14.8 Å². The summed E-state index contributed by atoms with van der Waals surface area (Å²) >= 11 is 0. The molecule has 2 aromatic rings. The van der Waals surface area contributed by atoms with E-state index in [2.05, 4.69) is 29.6 Å². The van der Waals surface area contributed by atoms with Crippen molar-refractivity contribution < 1.29 is 19.4 Å². The molecule has 0 bridgehead atoms. The Kier molecular flexibility index (Phi) is 12.3. The molecule has 0 atom stereocenters. The monoisotopic (exact) mass is 419 g/mol. The third-order valence-electron chi connectivity index (χ3n) is 4.25. The van der Waals surface area contributed by atoms with E-state index in [1.165, 1.54) is 5.56 Å². The molecule has 29 heavy (non-hydrogen) atoms. The van der Waals surface area contributed by atoms with Gasteiger partial charge in [-0.15, -0.1) is 12.4 Å². The quantitative estimate of drug-likeness (QED) is 0.464. The minimum atomic E-state index is -0.797. The van der Waals surface area contributed by atoms with E-state index in [0.717, 1.165) is 36.3 Å². The second kappa shape index (κ2) is 14.5. The lowest BCUT2D eigenvalue weighted by molar-refractivity contribution is -0.136. The van der Waals surface area contributed by atoms with Gasteiger partial charge >= 0.3 is 5.97 Å². The van der Waals surface area contributed by atoms with Crippen LogP contribution in [0.15, 0.2) is 54.6 Å². The molecule has 0 saturated heterocycles. The number of aliphatic carboxylic acids is 1. The second-order valence-corrected chi connectivity index (χ2v) is 6.45. The van der Waals surface area contributed by atoms with Crippen molar-refractivity contribution in [2.24, 2.45) is 0 Å². The Morgan fingerprint density at radius 1 is 1.14 bits per heavy atom. The first-order valence-corrected chi connectivity index (χ1v) is 9.63. The van der Waals surface area contributed by atoms with Crippen molar-refractivity contribution in [3.63, 3.8) is 0 Å². The summed E-state index contributed by atoms with van der Waals surface area (Å²) in [5.74, 6) is 0.755. The minimum absolute atomic E-state index is 0. The molecule has 0 spiro atoms. The van der Waals surface area contributed by atoms with Crippen LogP contribution in [-0.4, -0.2) is 37.9 Å². The number of carboxylic acid groups (broad SMARTS) is 1. The molecule has 0 aliphatic carbocycles. The van der Waals surface area contributed by atoms with Gasteiger partial charge in [-0.25, -0.2) is 0 Å². The molecular formula is C23H30ClNO4. The fourth-order valence-corrected chi connectivity index (χ4v) is 2.75. The zero-order valence-electron chi connectivity index (χ0n) is 16.8. The van der Waals surface area contributed by atoms with Gasteiger partial charge in [-0.1, -0.05) is 42.5 Å². The first-order chi connectivity index (χ1) is 13.7. The molecule has 6 heteroatoms. The molecule has 0 aromatic heterocycles. The summed E-state index contributed by atoms with van der Waals surface area (Å²) in [6.07, 6.45) is 7.18. The van der Waals surface area contributed by atoms with Crippen LogP contribution in [0.25, 0.3) is 6.08 Å². The van der Waals surface area contributed by atoms with E-state index in [-0.39, 0.29) is 18.8 Å². The third kappa shape index (κ3) is 10.0. The lowest BCUT2D eigenvalue weighted by Gasteiger charge is -2.10. The van der Waals surface area contributed by atoms with Gasteiger partial charge in [0.2, 0.25) is 0 Å². The molecule has 0 aliphatic heterocycles. The highest BCUT2D eigenvalue weighted by molar-refractivity contribution is 5.85. The van der Waals surface area contributed by atoms with E-state index in [1.54, 1.807) is 7.11 Å². The number of aryl methyl sites for hydroxylation is 1. The number of hydrogen-bond donors (Lipinski definition) is 2. The summed E-state index contributed by atoms with van der Waals surface area (Å²) in [5, 5.41) is 11.7.